The molecule has 2 amide bonds. The lowest BCUT2D eigenvalue weighted by Crippen LogP contribution is -2.50. The molecule has 2 aliphatic rings. The third kappa shape index (κ3) is 4.50. The van der Waals surface area contributed by atoms with Crippen LogP contribution in [-0.4, -0.2) is 54.3 Å². The molecule has 0 radical (unpaired) electrons. The highest BCUT2D eigenvalue weighted by Crippen LogP contribution is 2.25. The fourth-order valence-corrected chi connectivity index (χ4v) is 4.91. The Morgan fingerprint density at radius 1 is 0.765 bits per heavy atom. The number of fused-ring (bicyclic) bond motifs is 1. The number of benzene rings is 3. The van der Waals surface area contributed by atoms with Gasteiger partial charge in [0.2, 0.25) is 0 Å². The Labute approximate surface area is 203 Å². The first-order valence-electron chi connectivity index (χ1n) is 11.4. The molecule has 3 aromatic carbocycles. The minimum Gasteiger partial charge on any atom is -0.367 e. The molecule has 5 nitrogen and oxygen atoms in total. The van der Waals surface area contributed by atoms with Crippen molar-refractivity contribution in [1.82, 2.24) is 9.80 Å². The molecule has 3 aromatic rings. The maximum absolute atomic E-state index is 13.3. The van der Waals surface area contributed by atoms with Crippen LogP contribution in [-0.2, 0) is 13.0 Å². The van der Waals surface area contributed by atoms with Crippen molar-refractivity contribution in [2.24, 2.45) is 0 Å². The number of hydrogen-bond donors (Lipinski definition) is 0. The third-order valence-electron chi connectivity index (χ3n) is 6.63. The topological polar surface area (TPSA) is 43.9 Å². The Balaban J connectivity index is 1.19. The van der Waals surface area contributed by atoms with Crippen LogP contribution in [0, 0.1) is 5.82 Å². The number of halogens is 2. The van der Waals surface area contributed by atoms with Crippen LogP contribution in [0.5, 0.6) is 0 Å². The van der Waals surface area contributed by atoms with Gasteiger partial charge in [-0.3, -0.25) is 9.59 Å². The van der Waals surface area contributed by atoms with Gasteiger partial charge in [0.25, 0.3) is 11.8 Å². The van der Waals surface area contributed by atoms with Gasteiger partial charge in [0, 0.05) is 50.5 Å². The molecule has 2 heterocycles. The SMILES string of the molecule is O=C(c1ccc(N2CCc3ccccc3C2)cc1)N1CCN(C(=O)c2ccc(F)cc2Cl)CC1. The summed E-state index contributed by atoms with van der Waals surface area (Å²) in [6.07, 6.45) is 1.02. The van der Waals surface area contributed by atoms with E-state index in [0.717, 1.165) is 31.3 Å². The summed E-state index contributed by atoms with van der Waals surface area (Å²) in [6, 6.07) is 20.1. The molecule has 174 valence electrons. The predicted molar refractivity (Wildman–Crippen MR) is 131 cm³/mol. The third-order valence-corrected chi connectivity index (χ3v) is 6.94. The van der Waals surface area contributed by atoms with Gasteiger partial charge in [-0.1, -0.05) is 35.9 Å². The maximum Gasteiger partial charge on any atom is 0.255 e. The van der Waals surface area contributed by atoms with Gasteiger partial charge in [-0.2, -0.15) is 0 Å². The normalized spacial score (nSPS) is 15.8. The fourth-order valence-electron chi connectivity index (χ4n) is 4.66. The van der Waals surface area contributed by atoms with Crippen LogP contribution in [0.3, 0.4) is 0 Å². The van der Waals surface area contributed by atoms with E-state index in [1.807, 2.05) is 24.3 Å². The van der Waals surface area contributed by atoms with Gasteiger partial charge in [-0.05, 0) is 60.0 Å². The number of anilines is 1. The van der Waals surface area contributed by atoms with Crippen LogP contribution in [0.25, 0.3) is 0 Å². The highest BCUT2D eigenvalue weighted by molar-refractivity contribution is 6.33. The van der Waals surface area contributed by atoms with Crippen LogP contribution in [0.2, 0.25) is 5.02 Å². The van der Waals surface area contributed by atoms with E-state index in [0.29, 0.717) is 31.7 Å². The summed E-state index contributed by atoms with van der Waals surface area (Å²) in [5, 5.41) is 0.0980. The molecule has 1 fully saturated rings. The lowest BCUT2D eigenvalue weighted by molar-refractivity contribution is 0.0535. The van der Waals surface area contributed by atoms with Crippen LogP contribution >= 0.6 is 11.6 Å². The molecule has 0 unspecified atom stereocenters. The van der Waals surface area contributed by atoms with E-state index in [-0.39, 0.29) is 22.4 Å². The molecule has 0 bridgehead atoms. The number of amides is 2. The van der Waals surface area contributed by atoms with Crippen molar-refractivity contribution >= 4 is 29.1 Å². The second-order valence-electron chi connectivity index (χ2n) is 8.70. The highest BCUT2D eigenvalue weighted by Gasteiger charge is 2.27. The highest BCUT2D eigenvalue weighted by atomic mass is 35.5. The minimum atomic E-state index is -0.479. The zero-order chi connectivity index (χ0) is 23.7. The Morgan fingerprint density at radius 3 is 2.09 bits per heavy atom. The van der Waals surface area contributed by atoms with Crippen molar-refractivity contribution in [2.45, 2.75) is 13.0 Å². The molecule has 0 spiro atoms. The Hall–Kier alpha value is -3.38. The Morgan fingerprint density at radius 2 is 1.41 bits per heavy atom. The van der Waals surface area contributed by atoms with Crippen molar-refractivity contribution in [3.05, 3.63) is 99.8 Å². The molecule has 7 heteroatoms. The van der Waals surface area contributed by atoms with Crippen molar-refractivity contribution in [1.29, 1.82) is 0 Å². The van der Waals surface area contributed by atoms with Crippen molar-refractivity contribution in [3.8, 4) is 0 Å². The smallest absolute Gasteiger partial charge is 0.255 e. The van der Waals surface area contributed by atoms with E-state index < -0.39 is 5.82 Å². The molecular weight excluding hydrogens is 453 g/mol. The van der Waals surface area contributed by atoms with Gasteiger partial charge in [0.1, 0.15) is 5.82 Å². The number of piperazine rings is 1. The monoisotopic (exact) mass is 477 g/mol. The average molecular weight is 478 g/mol. The summed E-state index contributed by atoms with van der Waals surface area (Å²) in [5.41, 5.74) is 4.78. The van der Waals surface area contributed by atoms with E-state index in [1.54, 1.807) is 9.80 Å². The van der Waals surface area contributed by atoms with Gasteiger partial charge in [0.05, 0.1) is 10.6 Å². The summed E-state index contributed by atoms with van der Waals surface area (Å²) in [7, 11) is 0. The summed E-state index contributed by atoms with van der Waals surface area (Å²) >= 11 is 6.04. The summed E-state index contributed by atoms with van der Waals surface area (Å²) in [6.45, 7) is 3.52. The first kappa shape index (κ1) is 22.4. The fraction of sp³-hybridized carbons (Fsp3) is 0.259. The zero-order valence-electron chi connectivity index (χ0n) is 18.7. The number of hydrogen-bond acceptors (Lipinski definition) is 3. The van der Waals surface area contributed by atoms with Gasteiger partial charge in [0.15, 0.2) is 0 Å². The summed E-state index contributed by atoms with van der Waals surface area (Å²) < 4.78 is 13.3. The van der Waals surface area contributed by atoms with Crippen LogP contribution < -0.4 is 4.90 Å². The second-order valence-corrected chi connectivity index (χ2v) is 9.10. The standard InChI is InChI=1S/C27H25ClFN3O2/c28-25-17-22(29)7-10-24(25)27(34)31-15-13-30(14-16-31)26(33)20-5-8-23(9-6-20)32-12-11-19-3-1-2-4-21(19)18-32/h1-10,17H,11-16,18H2. The lowest BCUT2D eigenvalue weighted by Gasteiger charge is -2.35. The van der Waals surface area contributed by atoms with E-state index in [4.69, 9.17) is 11.6 Å². The van der Waals surface area contributed by atoms with Crippen LogP contribution in [0.4, 0.5) is 10.1 Å². The largest absolute Gasteiger partial charge is 0.367 e. The quantitative estimate of drug-likeness (QED) is 0.552. The minimum absolute atomic E-state index is 0.0394. The van der Waals surface area contributed by atoms with Gasteiger partial charge < -0.3 is 14.7 Å². The molecule has 1 saturated heterocycles. The molecule has 0 atom stereocenters. The van der Waals surface area contributed by atoms with E-state index in [1.165, 1.54) is 23.3 Å². The van der Waals surface area contributed by atoms with Crippen molar-refractivity contribution < 1.29 is 14.0 Å². The molecule has 34 heavy (non-hydrogen) atoms. The molecular formula is C27H25ClFN3O2. The zero-order valence-corrected chi connectivity index (χ0v) is 19.5. The van der Waals surface area contributed by atoms with Gasteiger partial charge >= 0.3 is 0 Å². The first-order chi connectivity index (χ1) is 16.5. The van der Waals surface area contributed by atoms with E-state index in [9.17, 15) is 14.0 Å². The number of carbonyl (C=O) groups is 2. The van der Waals surface area contributed by atoms with Crippen molar-refractivity contribution in [2.75, 3.05) is 37.6 Å². The molecule has 0 aromatic heterocycles. The maximum atomic E-state index is 13.3. The number of nitrogens with zero attached hydrogens (tertiary/aromatic N) is 3. The Kier molecular flexibility index (Phi) is 6.24. The Bertz CT molecular complexity index is 1220. The van der Waals surface area contributed by atoms with Gasteiger partial charge in [-0.15, -0.1) is 0 Å². The average Bonchev–Trinajstić information content (AvgIpc) is 2.88. The molecule has 0 N–H and O–H groups in total. The summed E-state index contributed by atoms with van der Waals surface area (Å²) in [4.78, 5) is 31.5. The van der Waals surface area contributed by atoms with E-state index >= 15 is 0 Å². The molecule has 0 saturated carbocycles. The number of carbonyl (C=O) groups excluding carboxylic acids is 2. The summed E-state index contributed by atoms with van der Waals surface area (Å²) in [5.74, 6) is -0.764. The van der Waals surface area contributed by atoms with E-state index in [2.05, 4.69) is 29.2 Å². The van der Waals surface area contributed by atoms with Gasteiger partial charge in [-0.25, -0.2) is 4.39 Å². The van der Waals surface area contributed by atoms with Crippen molar-refractivity contribution in [3.63, 3.8) is 0 Å². The predicted octanol–water partition coefficient (Wildman–Crippen LogP) is 4.64. The van der Waals surface area contributed by atoms with Crippen LogP contribution in [0.1, 0.15) is 31.8 Å². The first-order valence-corrected chi connectivity index (χ1v) is 11.8. The molecule has 2 aliphatic heterocycles. The molecule has 0 aliphatic carbocycles. The molecule has 5 rings (SSSR count). The lowest BCUT2D eigenvalue weighted by atomic mass is 9.99. The van der Waals surface area contributed by atoms with Crippen LogP contribution in [0.15, 0.2) is 66.7 Å². The second kappa shape index (κ2) is 9.47. The number of rotatable bonds is 3.